The zero-order valence-electron chi connectivity index (χ0n) is 15.2. The van der Waals surface area contributed by atoms with Crippen LogP contribution in [0.3, 0.4) is 0 Å². The third-order valence-corrected chi connectivity index (χ3v) is 4.91. The Labute approximate surface area is 148 Å². The molecule has 0 spiro atoms. The molecule has 2 aliphatic rings. The Morgan fingerprint density at radius 1 is 1.16 bits per heavy atom. The lowest BCUT2D eigenvalue weighted by Crippen LogP contribution is -2.37. The molecule has 1 N–H and O–H groups in total. The number of nitrogens with zero attached hydrogens (tertiary/aromatic N) is 1. The third kappa shape index (κ3) is 4.59. The van der Waals surface area contributed by atoms with E-state index in [1.165, 1.54) is 12.1 Å². The number of likely N-dealkylation sites (tertiary alicyclic amines) is 1. The van der Waals surface area contributed by atoms with Crippen LogP contribution in [0.25, 0.3) is 0 Å². The zero-order chi connectivity index (χ0) is 18.2. The Bertz CT molecular complexity index is 647. The van der Waals surface area contributed by atoms with Crippen molar-refractivity contribution in [3.63, 3.8) is 0 Å². The van der Waals surface area contributed by atoms with E-state index in [1.807, 2.05) is 20.8 Å². The molecule has 0 bridgehead atoms. The Morgan fingerprint density at radius 3 is 2.36 bits per heavy atom. The first-order chi connectivity index (χ1) is 11.7. The molecule has 2 unspecified atom stereocenters. The second kappa shape index (κ2) is 6.77. The fraction of sp³-hybridized carbons (Fsp3) is 0.600. The van der Waals surface area contributed by atoms with E-state index in [0.29, 0.717) is 25.6 Å². The first-order valence-corrected chi connectivity index (χ1v) is 9.06. The van der Waals surface area contributed by atoms with Gasteiger partial charge >= 0.3 is 0 Å². The molecule has 4 nitrogen and oxygen atoms in total. The summed E-state index contributed by atoms with van der Waals surface area (Å²) in [7, 11) is 0. The molecular formula is C20H27FN2O2. The average molecular weight is 346 g/mol. The molecule has 0 aromatic heterocycles. The topological polar surface area (TPSA) is 49.4 Å². The Hall–Kier alpha value is -1.91. The molecule has 136 valence electrons. The maximum atomic E-state index is 13.3. The molecule has 1 saturated carbocycles. The first-order valence-electron chi connectivity index (χ1n) is 9.06. The van der Waals surface area contributed by atoms with Gasteiger partial charge in [-0.25, -0.2) is 4.39 Å². The fourth-order valence-electron chi connectivity index (χ4n) is 3.42. The highest BCUT2D eigenvalue weighted by molar-refractivity contribution is 5.84. The van der Waals surface area contributed by atoms with Crippen LogP contribution in [0, 0.1) is 17.2 Å². The van der Waals surface area contributed by atoms with Gasteiger partial charge in [0.25, 0.3) is 0 Å². The second-order valence-electron chi connectivity index (χ2n) is 8.58. The van der Waals surface area contributed by atoms with E-state index in [0.717, 1.165) is 18.4 Å². The molecule has 1 heterocycles. The minimum atomic E-state index is -0.290. The number of carbonyl (C=O) groups excluding carboxylic acids is 2. The van der Waals surface area contributed by atoms with Crippen molar-refractivity contribution in [3.05, 3.63) is 35.6 Å². The summed E-state index contributed by atoms with van der Waals surface area (Å²) >= 11 is 0. The summed E-state index contributed by atoms with van der Waals surface area (Å²) in [5, 5.41) is 3.06. The van der Waals surface area contributed by atoms with E-state index >= 15 is 0 Å². The van der Waals surface area contributed by atoms with Gasteiger partial charge in [0.2, 0.25) is 11.8 Å². The smallest absolute Gasteiger partial charge is 0.225 e. The lowest BCUT2D eigenvalue weighted by atomic mass is 9.88. The summed E-state index contributed by atoms with van der Waals surface area (Å²) in [6, 6.07) is 6.60. The molecule has 1 aromatic carbocycles. The van der Waals surface area contributed by atoms with Crippen LogP contribution in [0.15, 0.2) is 24.3 Å². The highest BCUT2D eigenvalue weighted by Crippen LogP contribution is 2.35. The standard InChI is InChI=1S/C20H27FN2O2/c1-20(2,3)10-18(24)23-11-16(13-4-6-14(21)7-5-13)17(12-23)19(25)22-15-8-9-15/h4-7,15-17H,8-12H2,1-3H3,(H,22,25). The highest BCUT2D eigenvalue weighted by atomic mass is 19.1. The Kier molecular flexibility index (Phi) is 4.85. The minimum absolute atomic E-state index is 0.0166. The number of benzene rings is 1. The quantitative estimate of drug-likeness (QED) is 0.911. The van der Waals surface area contributed by atoms with Gasteiger partial charge in [0.1, 0.15) is 5.82 Å². The van der Waals surface area contributed by atoms with Crippen molar-refractivity contribution in [1.82, 2.24) is 10.2 Å². The maximum Gasteiger partial charge on any atom is 0.225 e. The van der Waals surface area contributed by atoms with Crippen molar-refractivity contribution in [3.8, 4) is 0 Å². The molecule has 1 saturated heterocycles. The van der Waals surface area contributed by atoms with Gasteiger partial charge in [-0.1, -0.05) is 32.9 Å². The average Bonchev–Trinajstić information content (AvgIpc) is 3.21. The second-order valence-corrected chi connectivity index (χ2v) is 8.58. The van der Waals surface area contributed by atoms with Crippen LogP contribution < -0.4 is 5.32 Å². The summed E-state index contributed by atoms with van der Waals surface area (Å²) in [4.78, 5) is 27.1. The van der Waals surface area contributed by atoms with Crippen LogP contribution in [0.1, 0.15) is 51.5 Å². The van der Waals surface area contributed by atoms with Crippen molar-refractivity contribution in [2.24, 2.45) is 11.3 Å². The number of rotatable bonds is 4. The van der Waals surface area contributed by atoms with E-state index in [9.17, 15) is 14.0 Å². The lowest BCUT2D eigenvalue weighted by molar-refractivity contribution is -0.132. The van der Waals surface area contributed by atoms with Crippen LogP contribution in [0.2, 0.25) is 0 Å². The van der Waals surface area contributed by atoms with Crippen LogP contribution >= 0.6 is 0 Å². The number of hydrogen-bond donors (Lipinski definition) is 1. The Balaban J connectivity index is 1.77. The van der Waals surface area contributed by atoms with Crippen LogP contribution in [-0.4, -0.2) is 35.8 Å². The minimum Gasteiger partial charge on any atom is -0.353 e. The van der Waals surface area contributed by atoms with Gasteiger partial charge in [-0.2, -0.15) is 0 Å². The predicted octanol–water partition coefficient (Wildman–Crippen LogP) is 3.08. The molecule has 2 amide bonds. The number of nitrogens with one attached hydrogen (secondary N) is 1. The van der Waals surface area contributed by atoms with Crippen molar-refractivity contribution >= 4 is 11.8 Å². The molecule has 1 aliphatic carbocycles. The lowest BCUT2D eigenvalue weighted by Gasteiger charge is -2.23. The maximum absolute atomic E-state index is 13.3. The molecule has 3 rings (SSSR count). The molecular weight excluding hydrogens is 319 g/mol. The van der Waals surface area contributed by atoms with Gasteiger partial charge in [0, 0.05) is 31.5 Å². The monoisotopic (exact) mass is 346 g/mol. The molecule has 5 heteroatoms. The molecule has 25 heavy (non-hydrogen) atoms. The molecule has 2 fully saturated rings. The van der Waals surface area contributed by atoms with Crippen molar-refractivity contribution in [2.45, 2.75) is 52.0 Å². The van der Waals surface area contributed by atoms with Crippen LogP contribution in [0.4, 0.5) is 4.39 Å². The number of hydrogen-bond acceptors (Lipinski definition) is 2. The van der Waals surface area contributed by atoms with E-state index < -0.39 is 0 Å². The SMILES string of the molecule is CC(C)(C)CC(=O)N1CC(C(=O)NC2CC2)C(c2ccc(F)cc2)C1. The molecule has 2 atom stereocenters. The number of amides is 2. The van der Waals surface area contributed by atoms with E-state index in [2.05, 4.69) is 5.32 Å². The molecule has 1 aromatic rings. The summed E-state index contributed by atoms with van der Waals surface area (Å²) in [5.41, 5.74) is 0.833. The van der Waals surface area contributed by atoms with Crippen molar-refractivity contribution < 1.29 is 14.0 Å². The van der Waals surface area contributed by atoms with Crippen molar-refractivity contribution in [2.75, 3.05) is 13.1 Å². The summed E-state index contributed by atoms with van der Waals surface area (Å²) < 4.78 is 13.3. The molecule has 0 radical (unpaired) electrons. The van der Waals surface area contributed by atoms with E-state index in [1.54, 1.807) is 17.0 Å². The third-order valence-electron chi connectivity index (χ3n) is 4.91. The van der Waals surface area contributed by atoms with Crippen LogP contribution in [-0.2, 0) is 9.59 Å². The largest absolute Gasteiger partial charge is 0.353 e. The highest BCUT2D eigenvalue weighted by Gasteiger charge is 2.42. The van der Waals surface area contributed by atoms with Gasteiger partial charge in [0.15, 0.2) is 0 Å². The molecule has 1 aliphatic heterocycles. The number of carbonyl (C=O) groups is 2. The fourth-order valence-corrected chi connectivity index (χ4v) is 3.42. The van der Waals surface area contributed by atoms with Gasteiger partial charge in [0.05, 0.1) is 5.92 Å². The van der Waals surface area contributed by atoms with Crippen LogP contribution in [0.5, 0.6) is 0 Å². The van der Waals surface area contributed by atoms with E-state index in [-0.39, 0.29) is 34.9 Å². The summed E-state index contributed by atoms with van der Waals surface area (Å²) in [5.74, 6) is -0.538. The summed E-state index contributed by atoms with van der Waals surface area (Å²) in [6.07, 6.45) is 2.53. The Morgan fingerprint density at radius 2 is 1.80 bits per heavy atom. The van der Waals surface area contributed by atoms with Gasteiger partial charge < -0.3 is 10.2 Å². The number of halogens is 1. The van der Waals surface area contributed by atoms with Gasteiger partial charge in [-0.05, 0) is 36.0 Å². The van der Waals surface area contributed by atoms with E-state index in [4.69, 9.17) is 0 Å². The normalized spacial score (nSPS) is 23.6. The zero-order valence-corrected chi connectivity index (χ0v) is 15.2. The predicted molar refractivity (Wildman–Crippen MR) is 94.4 cm³/mol. The van der Waals surface area contributed by atoms with Crippen molar-refractivity contribution in [1.29, 1.82) is 0 Å². The van der Waals surface area contributed by atoms with Gasteiger partial charge in [-0.15, -0.1) is 0 Å². The first kappa shape index (κ1) is 17.9. The summed E-state index contributed by atoms with van der Waals surface area (Å²) in [6.45, 7) is 7.07. The van der Waals surface area contributed by atoms with Gasteiger partial charge in [-0.3, -0.25) is 9.59 Å².